The number of hydrogen-bond donors (Lipinski definition) is 2. The Bertz CT molecular complexity index is 720. The van der Waals surface area contributed by atoms with Gasteiger partial charge in [-0.1, -0.05) is 28.1 Å². The Morgan fingerprint density at radius 1 is 1.21 bits per heavy atom. The molecule has 0 bridgehead atoms. The van der Waals surface area contributed by atoms with Crippen molar-refractivity contribution in [2.75, 3.05) is 14.2 Å². The number of rotatable bonds is 6. The van der Waals surface area contributed by atoms with E-state index in [1.54, 1.807) is 20.4 Å². The van der Waals surface area contributed by atoms with E-state index in [9.17, 15) is 0 Å². The highest BCUT2D eigenvalue weighted by atomic mass is 79.9. The molecule has 2 rings (SSSR count). The van der Waals surface area contributed by atoms with Crippen LogP contribution in [-0.4, -0.2) is 25.5 Å². The van der Waals surface area contributed by atoms with Crippen molar-refractivity contribution >= 4 is 39.5 Å². The lowest BCUT2D eigenvalue weighted by Crippen LogP contribution is -2.28. The molecule has 126 valence electrons. The van der Waals surface area contributed by atoms with Crippen LogP contribution in [0.2, 0.25) is 0 Å². The van der Waals surface area contributed by atoms with Crippen LogP contribution >= 0.6 is 28.1 Å². The molecule has 0 aliphatic carbocycles. The third kappa shape index (κ3) is 5.50. The van der Waals surface area contributed by atoms with Gasteiger partial charge in [0.25, 0.3) is 0 Å². The lowest BCUT2D eigenvalue weighted by molar-refractivity contribution is 0.284. The fourth-order valence-corrected chi connectivity index (χ4v) is 2.16. The van der Waals surface area contributed by atoms with Crippen LogP contribution in [0.5, 0.6) is 11.5 Å². The zero-order chi connectivity index (χ0) is 17.4. The second-order valence-electron chi connectivity index (χ2n) is 4.77. The van der Waals surface area contributed by atoms with Gasteiger partial charge >= 0.3 is 0 Å². The summed E-state index contributed by atoms with van der Waals surface area (Å²) in [5.74, 6) is 1.32. The number of ether oxygens (including phenoxy) is 2. The lowest BCUT2D eigenvalue weighted by atomic mass is 10.2. The van der Waals surface area contributed by atoms with E-state index in [4.69, 9.17) is 21.7 Å². The maximum absolute atomic E-state index is 5.84. The van der Waals surface area contributed by atoms with E-state index >= 15 is 0 Å². The van der Waals surface area contributed by atoms with Gasteiger partial charge in [0.1, 0.15) is 6.61 Å². The standard InChI is InChI=1S/C17H18BrN3O2S/c1-19-17(24)21-20-10-13-5-8-15(16(9-13)22-2)23-11-12-3-6-14(18)7-4-12/h3-10H,11H2,1-2H3,(H2,19,21,24)/b20-10+. The smallest absolute Gasteiger partial charge is 0.186 e. The molecule has 0 saturated carbocycles. The second kappa shape index (κ2) is 9.24. The molecule has 0 aliphatic heterocycles. The van der Waals surface area contributed by atoms with E-state index < -0.39 is 0 Å². The van der Waals surface area contributed by atoms with Crippen LogP contribution in [0.25, 0.3) is 0 Å². The highest BCUT2D eigenvalue weighted by molar-refractivity contribution is 9.10. The molecule has 7 heteroatoms. The Morgan fingerprint density at radius 3 is 2.62 bits per heavy atom. The van der Waals surface area contributed by atoms with Gasteiger partial charge in [0, 0.05) is 11.5 Å². The minimum Gasteiger partial charge on any atom is -0.493 e. The zero-order valence-electron chi connectivity index (χ0n) is 13.4. The Labute approximate surface area is 155 Å². The van der Waals surface area contributed by atoms with Gasteiger partial charge in [-0.05, 0) is 53.7 Å². The Morgan fingerprint density at radius 2 is 1.96 bits per heavy atom. The quantitative estimate of drug-likeness (QED) is 0.436. The SMILES string of the molecule is CNC(=S)N/N=C/c1ccc(OCc2ccc(Br)cc2)c(OC)c1. The molecular formula is C17H18BrN3O2S. The van der Waals surface area contributed by atoms with Gasteiger partial charge in [-0.2, -0.15) is 5.10 Å². The molecular weight excluding hydrogens is 390 g/mol. The van der Waals surface area contributed by atoms with Gasteiger partial charge in [-0.25, -0.2) is 0 Å². The highest BCUT2D eigenvalue weighted by Crippen LogP contribution is 2.28. The summed E-state index contributed by atoms with van der Waals surface area (Å²) < 4.78 is 12.3. The van der Waals surface area contributed by atoms with Gasteiger partial charge in [0.05, 0.1) is 13.3 Å². The van der Waals surface area contributed by atoms with Gasteiger partial charge in [0.2, 0.25) is 0 Å². The molecule has 2 aromatic carbocycles. The number of thiocarbonyl (C=S) groups is 1. The van der Waals surface area contributed by atoms with Crippen LogP contribution in [0.3, 0.4) is 0 Å². The predicted octanol–water partition coefficient (Wildman–Crippen LogP) is 3.46. The number of nitrogens with one attached hydrogen (secondary N) is 2. The summed E-state index contributed by atoms with van der Waals surface area (Å²) in [6, 6.07) is 13.6. The topological polar surface area (TPSA) is 54.9 Å². The summed E-state index contributed by atoms with van der Waals surface area (Å²) in [7, 11) is 3.34. The summed E-state index contributed by atoms with van der Waals surface area (Å²) in [6.45, 7) is 0.467. The molecule has 5 nitrogen and oxygen atoms in total. The molecule has 0 aliphatic rings. The number of halogens is 1. The largest absolute Gasteiger partial charge is 0.493 e. The highest BCUT2D eigenvalue weighted by Gasteiger charge is 2.05. The summed E-state index contributed by atoms with van der Waals surface area (Å²) in [6.07, 6.45) is 1.66. The number of nitrogens with zero attached hydrogens (tertiary/aromatic N) is 1. The summed E-state index contributed by atoms with van der Waals surface area (Å²) in [5, 5.41) is 7.27. The number of hydrogen-bond acceptors (Lipinski definition) is 4. The van der Waals surface area contributed by atoms with Gasteiger partial charge in [0.15, 0.2) is 16.6 Å². The van der Waals surface area contributed by atoms with Crippen LogP contribution in [0, 0.1) is 0 Å². The van der Waals surface area contributed by atoms with E-state index in [0.717, 1.165) is 15.6 Å². The van der Waals surface area contributed by atoms with Crippen molar-refractivity contribution in [1.29, 1.82) is 0 Å². The molecule has 0 amide bonds. The van der Waals surface area contributed by atoms with Crippen molar-refractivity contribution < 1.29 is 9.47 Å². The molecule has 0 saturated heterocycles. The minimum absolute atomic E-state index is 0.452. The normalized spacial score (nSPS) is 10.5. The number of methoxy groups -OCH3 is 1. The Balaban J connectivity index is 2.02. The first-order chi connectivity index (χ1) is 11.6. The van der Waals surface area contributed by atoms with Crippen molar-refractivity contribution in [2.24, 2.45) is 5.10 Å². The molecule has 0 radical (unpaired) electrons. The predicted molar refractivity (Wildman–Crippen MR) is 104 cm³/mol. The summed E-state index contributed by atoms with van der Waals surface area (Å²) in [5.41, 5.74) is 4.65. The second-order valence-corrected chi connectivity index (χ2v) is 6.10. The fraction of sp³-hybridized carbons (Fsp3) is 0.176. The van der Waals surface area contributed by atoms with E-state index in [2.05, 4.69) is 31.8 Å². The first-order valence-corrected chi connectivity index (χ1v) is 8.38. The molecule has 0 fully saturated rings. The average molecular weight is 408 g/mol. The van der Waals surface area contributed by atoms with Crippen molar-refractivity contribution in [2.45, 2.75) is 6.61 Å². The van der Waals surface area contributed by atoms with E-state index in [1.807, 2.05) is 42.5 Å². The van der Waals surface area contributed by atoms with Gasteiger partial charge < -0.3 is 14.8 Å². The van der Waals surface area contributed by atoms with Crippen molar-refractivity contribution in [3.05, 3.63) is 58.1 Å². The monoisotopic (exact) mass is 407 g/mol. The van der Waals surface area contributed by atoms with Crippen LogP contribution in [0.1, 0.15) is 11.1 Å². The maximum atomic E-state index is 5.84. The zero-order valence-corrected chi connectivity index (χ0v) is 15.8. The van der Waals surface area contributed by atoms with Crippen LogP contribution in [0.4, 0.5) is 0 Å². The van der Waals surface area contributed by atoms with Crippen molar-refractivity contribution in [1.82, 2.24) is 10.7 Å². The first kappa shape index (κ1) is 18.2. The lowest BCUT2D eigenvalue weighted by Gasteiger charge is -2.11. The fourth-order valence-electron chi connectivity index (χ4n) is 1.85. The van der Waals surface area contributed by atoms with Gasteiger partial charge in [-0.3, -0.25) is 5.43 Å². The minimum atomic E-state index is 0.452. The van der Waals surface area contributed by atoms with E-state index in [1.165, 1.54) is 0 Å². The average Bonchev–Trinajstić information content (AvgIpc) is 2.61. The molecule has 0 aromatic heterocycles. The Kier molecular flexibility index (Phi) is 7.02. The number of hydrazone groups is 1. The molecule has 0 unspecified atom stereocenters. The maximum Gasteiger partial charge on any atom is 0.186 e. The summed E-state index contributed by atoms with van der Waals surface area (Å²) >= 11 is 8.36. The molecule has 2 N–H and O–H groups in total. The summed E-state index contributed by atoms with van der Waals surface area (Å²) in [4.78, 5) is 0. The van der Waals surface area contributed by atoms with E-state index in [-0.39, 0.29) is 0 Å². The third-order valence-corrected chi connectivity index (χ3v) is 3.93. The van der Waals surface area contributed by atoms with E-state index in [0.29, 0.717) is 23.2 Å². The molecule has 24 heavy (non-hydrogen) atoms. The molecule has 0 spiro atoms. The molecule has 2 aromatic rings. The molecule has 0 atom stereocenters. The van der Waals surface area contributed by atoms with Crippen molar-refractivity contribution in [3.63, 3.8) is 0 Å². The number of benzene rings is 2. The first-order valence-electron chi connectivity index (χ1n) is 7.18. The third-order valence-electron chi connectivity index (χ3n) is 3.10. The van der Waals surface area contributed by atoms with Crippen molar-refractivity contribution in [3.8, 4) is 11.5 Å². The van der Waals surface area contributed by atoms with Crippen LogP contribution in [0.15, 0.2) is 52.0 Å². The Hall–Kier alpha value is -2.12. The van der Waals surface area contributed by atoms with Crippen LogP contribution < -0.4 is 20.2 Å². The van der Waals surface area contributed by atoms with Gasteiger partial charge in [-0.15, -0.1) is 0 Å². The van der Waals surface area contributed by atoms with Crippen LogP contribution in [-0.2, 0) is 6.61 Å². The molecule has 0 heterocycles.